The molecule has 0 aliphatic heterocycles. The molecule has 0 unspecified atom stereocenters. The molecule has 0 aliphatic carbocycles. The monoisotopic (exact) mass is 461 g/mol. The number of aromatic nitrogens is 3. The van der Waals surface area contributed by atoms with Crippen LogP contribution in [0.3, 0.4) is 0 Å². The van der Waals surface area contributed by atoms with Crippen LogP contribution in [0.15, 0.2) is 52.9 Å². The van der Waals surface area contributed by atoms with Gasteiger partial charge < -0.3 is 9.88 Å². The molecule has 3 aromatic rings. The number of nitrogens with zero attached hydrogens (tertiary/aromatic N) is 3. The molecule has 0 saturated heterocycles. The summed E-state index contributed by atoms with van der Waals surface area (Å²) in [6.07, 6.45) is -2.42. The molecule has 2 amide bonds. The van der Waals surface area contributed by atoms with Gasteiger partial charge in [0.05, 0.1) is 16.8 Å². The van der Waals surface area contributed by atoms with Crippen molar-refractivity contribution in [2.45, 2.75) is 16.4 Å². The highest BCUT2D eigenvalue weighted by atomic mass is 35.5. The van der Waals surface area contributed by atoms with Crippen LogP contribution in [0, 0.1) is 0 Å². The summed E-state index contributed by atoms with van der Waals surface area (Å²) >= 11 is 12.7. The van der Waals surface area contributed by atoms with E-state index in [-0.39, 0.29) is 10.0 Å². The van der Waals surface area contributed by atoms with E-state index in [1.54, 1.807) is 35.9 Å². The zero-order chi connectivity index (χ0) is 21.2. The van der Waals surface area contributed by atoms with E-state index in [0.717, 1.165) is 17.8 Å². The molecule has 2 heterocycles. The van der Waals surface area contributed by atoms with Crippen LogP contribution < -0.4 is 10.6 Å². The number of carbonyl (C=O) groups is 1. The van der Waals surface area contributed by atoms with Gasteiger partial charge in [0, 0.05) is 24.0 Å². The molecule has 0 atom stereocenters. The number of alkyl halides is 3. The predicted molar refractivity (Wildman–Crippen MR) is 106 cm³/mol. The number of hydrogen-bond donors (Lipinski definition) is 2. The highest BCUT2D eigenvalue weighted by molar-refractivity contribution is 7.99. The fraction of sp³-hybridized carbons (Fsp3) is 0.118. The number of benzene rings is 1. The molecule has 29 heavy (non-hydrogen) atoms. The number of halogens is 5. The molecule has 0 bridgehead atoms. The standard InChI is InChI=1S/C17H12Cl2F3N5OS/c1-27-13(26-15(28)25-11-4-2-10(18)3-5-11)8-24-16(27)29-14-12(19)6-9(7-23-14)17(20,21)22/h2-8H,1H3,(H2,25,26,28). The second-order valence-corrected chi connectivity index (χ2v) is 7.48. The van der Waals surface area contributed by atoms with Gasteiger partial charge in [0.2, 0.25) is 0 Å². The van der Waals surface area contributed by atoms with Gasteiger partial charge in [0.1, 0.15) is 10.8 Å². The zero-order valence-electron chi connectivity index (χ0n) is 14.6. The van der Waals surface area contributed by atoms with Crippen LogP contribution >= 0.6 is 35.0 Å². The Bertz CT molecular complexity index is 1040. The van der Waals surface area contributed by atoms with Crippen molar-refractivity contribution in [3.63, 3.8) is 0 Å². The summed E-state index contributed by atoms with van der Waals surface area (Å²) in [5.41, 5.74) is -0.391. The summed E-state index contributed by atoms with van der Waals surface area (Å²) in [5, 5.41) is 6.19. The lowest BCUT2D eigenvalue weighted by Gasteiger charge is -2.10. The van der Waals surface area contributed by atoms with E-state index < -0.39 is 17.8 Å². The maximum Gasteiger partial charge on any atom is 0.417 e. The van der Waals surface area contributed by atoms with E-state index in [9.17, 15) is 18.0 Å². The molecule has 3 rings (SSSR count). The van der Waals surface area contributed by atoms with Gasteiger partial charge in [-0.1, -0.05) is 23.2 Å². The third kappa shape index (κ3) is 5.34. The summed E-state index contributed by atoms with van der Waals surface area (Å²) in [5.74, 6) is 0.363. The summed E-state index contributed by atoms with van der Waals surface area (Å²) < 4.78 is 39.7. The second kappa shape index (κ2) is 8.52. The van der Waals surface area contributed by atoms with Crippen LogP contribution in [0.1, 0.15) is 5.56 Å². The molecule has 12 heteroatoms. The molecule has 0 aliphatic rings. The molecule has 2 aromatic heterocycles. The van der Waals surface area contributed by atoms with Crippen LogP contribution in [0.2, 0.25) is 10.0 Å². The molecule has 0 fully saturated rings. The van der Waals surface area contributed by atoms with Crippen molar-refractivity contribution in [3.8, 4) is 0 Å². The zero-order valence-corrected chi connectivity index (χ0v) is 16.9. The minimum absolute atomic E-state index is 0.150. The van der Waals surface area contributed by atoms with Crippen LogP contribution in [-0.2, 0) is 13.2 Å². The molecule has 2 N–H and O–H groups in total. The van der Waals surface area contributed by atoms with Gasteiger partial charge >= 0.3 is 12.2 Å². The number of nitrogens with one attached hydrogen (secondary N) is 2. The van der Waals surface area contributed by atoms with E-state index in [0.29, 0.717) is 27.9 Å². The van der Waals surface area contributed by atoms with Crippen molar-refractivity contribution in [2.24, 2.45) is 7.05 Å². The quantitative estimate of drug-likeness (QED) is 0.504. The van der Waals surface area contributed by atoms with Crippen molar-refractivity contribution >= 4 is 52.5 Å². The number of carbonyl (C=O) groups excluding carboxylic acids is 1. The number of urea groups is 1. The average Bonchev–Trinajstić information content (AvgIpc) is 2.98. The largest absolute Gasteiger partial charge is 0.417 e. The number of imidazole rings is 1. The minimum atomic E-state index is -4.53. The predicted octanol–water partition coefficient (Wildman–Crippen LogP) is 5.94. The smallest absolute Gasteiger partial charge is 0.308 e. The molecule has 6 nitrogen and oxygen atoms in total. The van der Waals surface area contributed by atoms with Crippen LogP contribution in [-0.4, -0.2) is 20.6 Å². The lowest BCUT2D eigenvalue weighted by atomic mass is 10.3. The number of hydrogen-bond acceptors (Lipinski definition) is 4. The van der Waals surface area contributed by atoms with Crippen molar-refractivity contribution < 1.29 is 18.0 Å². The van der Waals surface area contributed by atoms with Gasteiger partial charge in [-0.2, -0.15) is 13.2 Å². The van der Waals surface area contributed by atoms with Gasteiger partial charge in [-0.15, -0.1) is 0 Å². The minimum Gasteiger partial charge on any atom is -0.308 e. The van der Waals surface area contributed by atoms with Gasteiger partial charge in [-0.25, -0.2) is 14.8 Å². The van der Waals surface area contributed by atoms with Crippen LogP contribution in [0.5, 0.6) is 0 Å². The highest BCUT2D eigenvalue weighted by Gasteiger charge is 2.31. The first-order valence-corrected chi connectivity index (χ1v) is 9.46. The molecular formula is C17H12Cl2F3N5OS. The molecular weight excluding hydrogens is 450 g/mol. The Kier molecular flexibility index (Phi) is 6.25. The summed E-state index contributed by atoms with van der Waals surface area (Å²) in [6, 6.07) is 6.86. The first kappa shape index (κ1) is 21.3. The van der Waals surface area contributed by atoms with E-state index in [4.69, 9.17) is 23.2 Å². The van der Waals surface area contributed by atoms with E-state index in [1.807, 2.05) is 0 Å². The Morgan fingerprint density at radius 3 is 2.41 bits per heavy atom. The average molecular weight is 462 g/mol. The van der Waals surface area contributed by atoms with Crippen molar-refractivity contribution in [2.75, 3.05) is 10.6 Å². The molecule has 152 valence electrons. The van der Waals surface area contributed by atoms with Crippen LogP contribution in [0.4, 0.5) is 29.5 Å². The summed E-state index contributed by atoms with van der Waals surface area (Å²) in [7, 11) is 1.63. The third-order valence-electron chi connectivity index (χ3n) is 3.61. The molecule has 1 aromatic carbocycles. The number of rotatable bonds is 4. The first-order chi connectivity index (χ1) is 13.6. The fourth-order valence-corrected chi connectivity index (χ4v) is 3.34. The number of anilines is 2. The Morgan fingerprint density at radius 1 is 1.10 bits per heavy atom. The normalized spacial score (nSPS) is 11.4. The third-order valence-corrected chi connectivity index (χ3v) is 5.34. The Balaban J connectivity index is 1.69. The summed E-state index contributed by atoms with van der Waals surface area (Å²) in [4.78, 5) is 20.0. The Labute approximate surface area is 177 Å². The van der Waals surface area contributed by atoms with E-state index >= 15 is 0 Å². The van der Waals surface area contributed by atoms with Gasteiger partial charge in [0.25, 0.3) is 0 Å². The lowest BCUT2D eigenvalue weighted by molar-refractivity contribution is -0.137. The molecule has 0 radical (unpaired) electrons. The van der Waals surface area contributed by atoms with Crippen LogP contribution in [0.25, 0.3) is 0 Å². The van der Waals surface area contributed by atoms with Crippen molar-refractivity contribution in [1.82, 2.24) is 14.5 Å². The molecule has 0 saturated carbocycles. The SMILES string of the molecule is Cn1c(NC(=O)Nc2ccc(Cl)cc2)cnc1Sc1ncc(C(F)(F)F)cc1Cl. The Hall–Kier alpha value is -2.43. The van der Waals surface area contributed by atoms with Gasteiger partial charge in [-0.3, -0.25) is 5.32 Å². The summed E-state index contributed by atoms with van der Waals surface area (Å²) in [6.45, 7) is 0. The fourth-order valence-electron chi connectivity index (χ4n) is 2.16. The first-order valence-electron chi connectivity index (χ1n) is 7.89. The lowest BCUT2D eigenvalue weighted by Crippen LogP contribution is -2.20. The van der Waals surface area contributed by atoms with Crippen molar-refractivity contribution in [1.29, 1.82) is 0 Å². The van der Waals surface area contributed by atoms with Crippen molar-refractivity contribution in [3.05, 3.63) is 58.3 Å². The van der Waals surface area contributed by atoms with E-state index in [1.165, 1.54) is 6.20 Å². The highest BCUT2D eigenvalue weighted by Crippen LogP contribution is 2.36. The Morgan fingerprint density at radius 2 is 1.79 bits per heavy atom. The topological polar surface area (TPSA) is 71.8 Å². The second-order valence-electron chi connectivity index (χ2n) is 5.68. The molecule has 0 spiro atoms. The van der Waals surface area contributed by atoms with E-state index in [2.05, 4.69) is 20.6 Å². The van der Waals surface area contributed by atoms with Gasteiger partial charge in [0.15, 0.2) is 5.16 Å². The maximum absolute atomic E-state index is 12.7. The number of pyridine rings is 1. The van der Waals surface area contributed by atoms with Gasteiger partial charge in [-0.05, 0) is 42.1 Å². The maximum atomic E-state index is 12.7. The number of amides is 2.